The monoisotopic (exact) mass is 343 g/mol. The van der Waals surface area contributed by atoms with Crippen molar-refractivity contribution in [1.82, 2.24) is 15.8 Å². The topological polar surface area (TPSA) is 53.6 Å². The van der Waals surface area contributed by atoms with E-state index in [1.54, 1.807) is 24.5 Å². The summed E-state index contributed by atoms with van der Waals surface area (Å²) in [6, 6.07) is 11.9. The zero-order chi connectivity index (χ0) is 16.8. The number of nitrogens with zero attached hydrogens (tertiary/aromatic N) is 1. The SMILES string of the molecule is COc1ccc(/C=C/C(=O)N(Cc2cccs2)C2CNNC2)cc1. The molecule has 0 spiro atoms. The maximum Gasteiger partial charge on any atom is 0.247 e. The molecule has 0 unspecified atom stereocenters. The molecule has 5 nitrogen and oxygen atoms in total. The fraction of sp³-hybridized carbons (Fsp3) is 0.278. The fourth-order valence-electron chi connectivity index (χ4n) is 2.61. The van der Waals surface area contributed by atoms with Crippen LogP contribution in [-0.2, 0) is 11.3 Å². The van der Waals surface area contributed by atoms with Crippen molar-refractivity contribution in [2.24, 2.45) is 0 Å². The van der Waals surface area contributed by atoms with E-state index in [0.29, 0.717) is 6.54 Å². The number of benzene rings is 1. The Morgan fingerprint density at radius 3 is 2.67 bits per heavy atom. The number of hydrogen-bond acceptors (Lipinski definition) is 5. The van der Waals surface area contributed by atoms with E-state index in [0.717, 1.165) is 24.4 Å². The molecule has 0 aliphatic carbocycles. The lowest BCUT2D eigenvalue weighted by molar-refractivity contribution is -0.128. The van der Waals surface area contributed by atoms with Gasteiger partial charge in [0.2, 0.25) is 5.91 Å². The third-order valence-electron chi connectivity index (χ3n) is 3.96. The van der Waals surface area contributed by atoms with E-state index in [1.807, 2.05) is 46.7 Å². The highest BCUT2D eigenvalue weighted by Crippen LogP contribution is 2.16. The molecular formula is C18H21N3O2S. The molecule has 1 amide bonds. The first-order valence-corrected chi connectivity index (χ1v) is 8.75. The molecule has 0 bridgehead atoms. The summed E-state index contributed by atoms with van der Waals surface area (Å²) in [6.07, 6.45) is 3.49. The van der Waals surface area contributed by atoms with Crippen LogP contribution in [0.4, 0.5) is 0 Å². The lowest BCUT2D eigenvalue weighted by Gasteiger charge is -2.26. The quantitative estimate of drug-likeness (QED) is 0.790. The number of hydrazine groups is 1. The van der Waals surface area contributed by atoms with Gasteiger partial charge in [0.15, 0.2) is 0 Å². The predicted octanol–water partition coefficient (Wildman–Crippen LogP) is 2.28. The third kappa shape index (κ3) is 4.23. The third-order valence-corrected chi connectivity index (χ3v) is 4.83. The minimum atomic E-state index is 0.0229. The summed E-state index contributed by atoms with van der Waals surface area (Å²) in [7, 11) is 1.64. The smallest absolute Gasteiger partial charge is 0.247 e. The zero-order valence-electron chi connectivity index (χ0n) is 13.6. The molecule has 0 radical (unpaired) electrons. The molecule has 0 saturated carbocycles. The van der Waals surface area contributed by atoms with Crippen molar-refractivity contribution < 1.29 is 9.53 Å². The summed E-state index contributed by atoms with van der Waals surface area (Å²) in [4.78, 5) is 15.8. The van der Waals surface area contributed by atoms with E-state index in [2.05, 4.69) is 16.9 Å². The van der Waals surface area contributed by atoms with Crippen molar-refractivity contribution in [3.8, 4) is 5.75 Å². The Balaban J connectivity index is 1.70. The minimum Gasteiger partial charge on any atom is -0.497 e. The highest BCUT2D eigenvalue weighted by molar-refractivity contribution is 7.09. The number of carbonyl (C=O) groups excluding carboxylic acids is 1. The first kappa shape index (κ1) is 16.7. The molecule has 1 aromatic heterocycles. The van der Waals surface area contributed by atoms with Gasteiger partial charge in [-0.15, -0.1) is 11.3 Å². The first-order chi connectivity index (χ1) is 11.8. The van der Waals surface area contributed by atoms with Crippen LogP contribution in [-0.4, -0.2) is 37.0 Å². The van der Waals surface area contributed by atoms with Crippen LogP contribution in [0, 0.1) is 0 Å². The maximum atomic E-state index is 12.7. The second kappa shape index (κ2) is 8.10. The average molecular weight is 343 g/mol. The molecule has 6 heteroatoms. The number of amides is 1. The highest BCUT2D eigenvalue weighted by atomic mass is 32.1. The Bertz CT molecular complexity index is 677. The van der Waals surface area contributed by atoms with Crippen molar-refractivity contribution in [1.29, 1.82) is 0 Å². The minimum absolute atomic E-state index is 0.0229. The van der Waals surface area contributed by atoms with Gasteiger partial charge in [0.25, 0.3) is 0 Å². The van der Waals surface area contributed by atoms with Crippen LogP contribution in [0.2, 0.25) is 0 Å². The Labute approximate surface area is 145 Å². The van der Waals surface area contributed by atoms with E-state index >= 15 is 0 Å². The molecule has 0 atom stereocenters. The number of hydrogen-bond donors (Lipinski definition) is 2. The van der Waals surface area contributed by atoms with Crippen LogP contribution >= 0.6 is 11.3 Å². The second-order valence-corrected chi connectivity index (χ2v) is 6.60. The first-order valence-electron chi connectivity index (χ1n) is 7.87. The zero-order valence-corrected chi connectivity index (χ0v) is 14.4. The molecule has 1 saturated heterocycles. The second-order valence-electron chi connectivity index (χ2n) is 5.57. The fourth-order valence-corrected chi connectivity index (χ4v) is 3.31. The number of nitrogens with one attached hydrogen (secondary N) is 2. The standard InChI is InChI=1S/C18H21N3O2S/c1-23-16-7-4-14(5-8-16)6-9-18(22)21(15-11-19-20-12-15)13-17-3-2-10-24-17/h2-10,15,19-20H,11-13H2,1H3/b9-6+. The number of carbonyl (C=O) groups is 1. The van der Waals surface area contributed by atoms with Gasteiger partial charge < -0.3 is 9.64 Å². The Morgan fingerprint density at radius 1 is 1.29 bits per heavy atom. The molecule has 2 N–H and O–H groups in total. The number of thiophene rings is 1. The van der Waals surface area contributed by atoms with Gasteiger partial charge in [0.05, 0.1) is 19.7 Å². The molecule has 2 heterocycles. The van der Waals surface area contributed by atoms with Gasteiger partial charge in [0, 0.05) is 24.0 Å². The normalized spacial score (nSPS) is 15.0. The number of methoxy groups -OCH3 is 1. The molecule has 1 fully saturated rings. The molecule has 1 aliphatic rings. The Kier molecular flexibility index (Phi) is 5.63. The molecule has 2 aromatic rings. The summed E-state index contributed by atoms with van der Waals surface area (Å²) in [5.41, 5.74) is 7.17. The predicted molar refractivity (Wildman–Crippen MR) is 96.7 cm³/mol. The summed E-state index contributed by atoms with van der Waals surface area (Å²) in [5, 5.41) is 2.04. The van der Waals surface area contributed by atoms with Crippen molar-refractivity contribution in [2.75, 3.05) is 20.2 Å². The average Bonchev–Trinajstić information content (AvgIpc) is 3.31. The van der Waals surface area contributed by atoms with Crippen LogP contribution in [0.25, 0.3) is 6.08 Å². The lowest BCUT2D eigenvalue weighted by Crippen LogP contribution is -2.41. The molecule has 126 valence electrons. The maximum absolute atomic E-state index is 12.7. The molecule has 1 aliphatic heterocycles. The number of rotatable bonds is 6. The largest absolute Gasteiger partial charge is 0.497 e. The van der Waals surface area contributed by atoms with Gasteiger partial charge in [-0.05, 0) is 35.2 Å². The molecule has 3 rings (SSSR count). The van der Waals surface area contributed by atoms with E-state index < -0.39 is 0 Å². The van der Waals surface area contributed by atoms with Crippen LogP contribution in [0.1, 0.15) is 10.4 Å². The molecule has 1 aromatic carbocycles. The molecular weight excluding hydrogens is 322 g/mol. The summed E-state index contributed by atoms with van der Waals surface area (Å²) < 4.78 is 5.15. The van der Waals surface area contributed by atoms with Crippen molar-refractivity contribution in [2.45, 2.75) is 12.6 Å². The van der Waals surface area contributed by atoms with Crippen molar-refractivity contribution in [3.05, 3.63) is 58.3 Å². The van der Waals surface area contributed by atoms with Crippen LogP contribution in [0.3, 0.4) is 0 Å². The van der Waals surface area contributed by atoms with Gasteiger partial charge in [-0.25, -0.2) is 0 Å². The van der Waals surface area contributed by atoms with Crippen LogP contribution in [0.15, 0.2) is 47.9 Å². The summed E-state index contributed by atoms with van der Waals surface area (Å²) >= 11 is 1.67. The van der Waals surface area contributed by atoms with E-state index in [9.17, 15) is 4.79 Å². The summed E-state index contributed by atoms with van der Waals surface area (Å²) in [5.74, 6) is 0.829. The van der Waals surface area contributed by atoms with E-state index in [1.165, 1.54) is 4.88 Å². The van der Waals surface area contributed by atoms with Crippen molar-refractivity contribution >= 4 is 23.3 Å². The van der Waals surface area contributed by atoms with Gasteiger partial charge in [0.1, 0.15) is 5.75 Å². The van der Waals surface area contributed by atoms with Crippen LogP contribution < -0.4 is 15.6 Å². The van der Waals surface area contributed by atoms with Gasteiger partial charge in [-0.2, -0.15) is 0 Å². The Hall–Kier alpha value is -2.15. The van der Waals surface area contributed by atoms with Crippen LogP contribution in [0.5, 0.6) is 5.75 Å². The number of ether oxygens (including phenoxy) is 1. The molecule has 24 heavy (non-hydrogen) atoms. The Morgan fingerprint density at radius 2 is 2.04 bits per heavy atom. The highest BCUT2D eigenvalue weighted by Gasteiger charge is 2.25. The lowest BCUT2D eigenvalue weighted by atomic mass is 10.2. The van der Waals surface area contributed by atoms with Gasteiger partial charge in [-0.1, -0.05) is 18.2 Å². The van der Waals surface area contributed by atoms with Crippen molar-refractivity contribution in [3.63, 3.8) is 0 Å². The van der Waals surface area contributed by atoms with E-state index in [-0.39, 0.29) is 11.9 Å². The summed E-state index contributed by atoms with van der Waals surface area (Å²) in [6.45, 7) is 2.15. The van der Waals surface area contributed by atoms with E-state index in [4.69, 9.17) is 4.74 Å². The van der Waals surface area contributed by atoms with Gasteiger partial charge in [-0.3, -0.25) is 15.6 Å². The van der Waals surface area contributed by atoms with Gasteiger partial charge >= 0.3 is 0 Å².